The van der Waals surface area contributed by atoms with E-state index >= 15 is 0 Å². The van der Waals surface area contributed by atoms with E-state index in [4.69, 9.17) is 16.6 Å². The molecule has 3 heterocycles. The molecular weight excluding hydrogens is 503 g/mol. The number of amides is 1. The molecule has 0 atom stereocenters. The Hall–Kier alpha value is -3.59. The molecule has 1 aliphatic rings. The number of aryl methyl sites for hydroxylation is 2. The van der Waals surface area contributed by atoms with E-state index in [2.05, 4.69) is 5.10 Å². The minimum absolute atomic E-state index is 0.185. The van der Waals surface area contributed by atoms with Gasteiger partial charge >= 0.3 is 6.18 Å². The Bertz CT molecular complexity index is 1460. The van der Waals surface area contributed by atoms with Crippen molar-refractivity contribution in [3.63, 3.8) is 0 Å². The van der Waals surface area contributed by atoms with Crippen molar-refractivity contribution < 1.29 is 18.0 Å². The normalized spacial score (nSPS) is 14.4. The van der Waals surface area contributed by atoms with Crippen LogP contribution >= 0.6 is 11.6 Å². The molecule has 37 heavy (non-hydrogen) atoms. The first-order valence-corrected chi connectivity index (χ1v) is 12.3. The topological polar surface area (TPSA) is 53.7 Å². The molecule has 1 fully saturated rings. The highest BCUT2D eigenvalue weighted by Gasteiger charge is 2.31. The summed E-state index contributed by atoms with van der Waals surface area (Å²) in [6.07, 6.45) is -2.18. The van der Waals surface area contributed by atoms with Crippen molar-refractivity contribution in [1.29, 1.82) is 0 Å². The quantitative estimate of drug-likeness (QED) is 0.348. The number of halogens is 4. The maximum atomic E-state index is 13.4. The third-order valence-corrected chi connectivity index (χ3v) is 7.09. The average molecular weight is 528 g/mol. The highest BCUT2D eigenvalue weighted by atomic mass is 35.5. The van der Waals surface area contributed by atoms with Gasteiger partial charge in [-0.3, -0.25) is 4.79 Å². The third kappa shape index (κ3) is 5.00. The maximum Gasteiger partial charge on any atom is 0.416 e. The molecule has 0 spiro atoms. The molecule has 0 aliphatic carbocycles. The molecular formula is C27H25ClF3N5O. The fourth-order valence-electron chi connectivity index (χ4n) is 4.74. The number of benzene rings is 2. The van der Waals surface area contributed by atoms with Gasteiger partial charge in [0.2, 0.25) is 0 Å². The van der Waals surface area contributed by atoms with Gasteiger partial charge in [0.15, 0.2) is 5.65 Å². The van der Waals surface area contributed by atoms with Gasteiger partial charge in [-0.2, -0.15) is 18.3 Å². The highest BCUT2D eigenvalue weighted by Crippen LogP contribution is 2.32. The van der Waals surface area contributed by atoms with Crippen LogP contribution in [0, 0.1) is 13.8 Å². The van der Waals surface area contributed by atoms with Gasteiger partial charge in [0, 0.05) is 54.7 Å². The number of hydrogen-bond donors (Lipinski definition) is 0. The van der Waals surface area contributed by atoms with Crippen LogP contribution < -0.4 is 4.90 Å². The van der Waals surface area contributed by atoms with Gasteiger partial charge in [0.25, 0.3) is 5.91 Å². The standard InChI is InChI=1S/C27H25ClF3N5O/c1-17-23(14-19-6-8-21(28)9-7-19)18(2)36-25(33-17)24(16-32-36)26(37)35-12-10-34(11-13-35)22-5-3-4-20(15-22)27(29,30)31/h3-9,15-16H,10-14H2,1-2H3. The van der Waals surface area contributed by atoms with E-state index in [0.717, 1.165) is 34.6 Å². The van der Waals surface area contributed by atoms with Crippen LogP contribution in [0.3, 0.4) is 0 Å². The van der Waals surface area contributed by atoms with E-state index in [1.807, 2.05) is 43.0 Å². The fraction of sp³-hybridized carbons (Fsp3) is 0.296. The number of piperazine rings is 1. The number of carbonyl (C=O) groups is 1. The van der Waals surface area contributed by atoms with Crippen molar-refractivity contribution in [1.82, 2.24) is 19.5 Å². The van der Waals surface area contributed by atoms with E-state index < -0.39 is 11.7 Å². The van der Waals surface area contributed by atoms with Crippen LogP contribution in [0.25, 0.3) is 5.65 Å². The second-order valence-corrected chi connectivity index (χ2v) is 9.62. The summed E-state index contributed by atoms with van der Waals surface area (Å²) < 4.78 is 41.0. The molecule has 0 saturated carbocycles. The first-order chi connectivity index (χ1) is 17.6. The molecule has 5 rings (SSSR count). The van der Waals surface area contributed by atoms with Gasteiger partial charge in [-0.15, -0.1) is 0 Å². The van der Waals surface area contributed by atoms with Gasteiger partial charge in [-0.1, -0.05) is 29.8 Å². The van der Waals surface area contributed by atoms with Crippen molar-refractivity contribution in [3.8, 4) is 0 Å². The molecule has 4 aromatic rings. The minimum Gasteiger partial charge on any atom is -0.368 e. The van der Waals surface area contributed by atoms with Crippen LogP contribution in [0.4, 0.5) is 18.9 Å². The Morgan fingerprint density at radius 1 is 1.03 bits per heavy atom. The summed E-state index contributed by atoms with van der Waals surface area (Å²) in [5, 5.41) is 5.13. The number of fused-ring (bicyclic) bond motifs is 1. The minimum atomic E-state index is -4.39. The first-order valence-electron chi connectivity index (χ1n) is 11.9. The zero-order chi connectivity index (χ0) is 26.3. The monoisotopic (exact) mass is 527 g/mol. The van der Waals surface area contributed by atoms with E-state index in [9.17, 15) is 18.0 Å². The van der Waals surface area contributed by atoms with Crippen LogP contribution in [0.1, 0.15) is 38.4 Å². The van der Waals surface area contributed by atoms with Crippen LogP contribution in [-0.2, 0) is 12.6 Å². The molecule has 192 valence electrons. The summed E-state index contributed by atoms with van der Waals surface area (Å²) in [5.41, 5.74) is 4.60. The largest absolute Gasteiger partial charge is 0.416 e. The first kappa shape index (κ1) is 25.1. The summed E-state index contributed by atoms with van der Waals surface area (Å²) in [4.78, 5) is 21.7. The Kier molecular flexibility index (Phi) is 6.58. The van der Waals surface area contributed by atoms with Crippen molar-refractivity contribution in [2.75, 3.05) is 31.1 Å². The van der Waals surface area contributed by atoms with E-state index in [1.54, 1.807) is 21.7 Å². The molecule has 0 N–H and O–H groups in total. The lowest BCUT2D eigenvalue weighted by Gasteiger charge is -2.36. The summed E-state index contributed by atoms with van der Waals surface area (Å²) in [6, 6.07) is 12.9. The van der Waals surface area contributed by atoms with Gasteiger partial charge in [0.1, 0.15) is 5.56 Å². The molecule has 0 radical (unpaired) electrons. The number of anilines is 1. The molecule has 1 saturated heterocycles. The van der Waals surface area contributed by atoms with Crippen LogP contribution in [0.15, 0.2) is 54.7 Å². The zero-order valence-electron chi connectivity index (χ0n) is 20.4. The lowest BCUT2D eigenvalue weighted by molar-refractivity contribution is -0.137. The van der Waals surface area contributed by atoms with Gasteiger partial charge < -0.3 is 9.80 Å². The number of carbonyl (C=O) groups excluding carboxylic acids is 1. The number of aromatic nitrogens is 3. The van der Waals surface area contributed by atoms with E-state index in [-0.39, 0.29) is 5.91 Å². The Morgan fingerprint density at radius 3 is 2.41 bits per heavy atom. The summed E-state index contributed by atoms with van der Waals surface area (Å²) in [5.74, 6) is -0.185. The van der Waals surface area contributed by atoms with Gasteiger partial charge in [-0.25, -0.2) is 9.50 Å². The lowest BCUT2D eigenvalue weighted by atomic mass is 10.0. The molecule has 0 unspecified atom stereocenters. The third-order valence-electron chi connectivity index (χ3n) is 6.84. The number of rotatable bonds is 4. The molecule has 2 aromatic heterocycles. The highest BCUT2D eigenvalue weighted by molar-refractivity contribution is 6.30. The number of alkyl halides is 3. The summed E-state index contributed by atoms with van der Waals surface area (Å²) in [7, 11) is 0. The summed E-state index contributed by atoms with van der Waals surface area (Å²) in [6.45, 7) is 5.53. The van der Waals surface area contributed by atoms with Crippen molar-refractivity contribution in [3.05, 3.63) is 93.4 Å². The predicted molar refractivity (Wildman–Crippen MR) is 136 cm³/mol. The SMILES string of the molecule is Cc1nc2c(C(=O)N3CCN(c4cccc(C(F)(F)F)c4)CC3)cnn2c(C)c1Cc1ccc(Cl)cc1. The smallest absolute Gasteiger partial charge is 0.368 e. The Morgan fingerprint density at radius 2 is 1.73 bits per heavy atom. The molecule has 2 aromatic carbocycles. The number of hydrogen-bond acceptors (Lipinski definition) is 4. The van der Waals surface area contributed by atoms with Crippen molar-refractivity contribution in [2.45, 2.75) is 26.4 Å². The summed E-state index contributed by atoms with van der Waals surface area (Å²) >= 11 is 6.01. The zero-order valence-corrected chi connectivity index (χ0v) is 21.1. The molecule has 1 amide bonds. The van der Waals surface area contributed by atoms with Crippen LogP contribution in [-0.4, -0.2) is 51.6 Å². The van der Waals surface area contributed by atoms with Crippen LogP contribution in [0.5, 0.6) is 0 Å². The second-order valence-electron chi connectivity index (χ2n) is 9.19. The van der Waals surface area contributed by atoms with E-state index in [1.165, 1.54) is 6.07 Å². The van der Waals surface area contributed by atoms with Gasteiger partial charge in [-0.05, 0) is 55.3 Å². The van der Waals surface area contributed by atoms with Crippen molar-refractivity contribution in [2.24, 2.45) is 0 Å². The van der Waals surface area contributed by atoms with Crippen LogP contribution in [0.2, 0.25) is 5.02 Å². The molecule has 0 bridgehead atoms. The van der Waals surface area contributed by atoms with Crippen molar-refractivity contribution >= 4 is 28.8 Å². The maximum absolute atomic E-state index is 13.4. The Balaban J connectivity index is 1.33. The lowest BCUT2D eigenvalue weighted by Crippen LogP contribution is -2.48. The van der Waals surface area contributed by atoms with E-state index in [0.29, 0.717) is 54.5 Å². The molecule has 6 nitrogen and oxygen atoms in total. The average Bonchev–Trinajstić information content (AvgIpc) is 3.31. The molecule has 10 heteroatoms. The second kappa shape index (κ2) is 9.70. The number of nitrogens with zero attached hydrogens (tertiary/aromatic N) is 5. The predicted octanol–water partition coefficient (Wildman–Crippen LogP) is 5.57. The molecule has 1 aliphatic heterocycles. The fourth-order valence-corrected chi connectivity index (χ4v) is 4.87. The van der Waals surface area contributed by atoms with Gasteiger partial charge in [0.05, 0.1) is 11.8 Å². The Labute approximate surface area is 217 Å².